The zero-order chi connectivity index (χ0) is 16.5. The molecule has 1 saturated heterocycles. The summed E-state index contributed by atoms with van der Waals surface area (Å²) in [6.07, 6.45) is 3.54. The Bertz CT molecular complexity index is 877. The van der Waals surface area contributed by atoms with Crippen molar-refractivity contribution in [2.24, 2.45) is 0 Å². The van der Waals surface area contributed by atoms with Crippen molar-refractivity contribution in [3.63, 3.8) is 0 Å². The second kappa shape index (κ2) is 6.28. The van der Waals surface area contributed by atoms with Gasteiger partial charge in [0.25, 0.3) is 5.91 Å². The van der Waals surface area contributed by atoms with Crippen molar-refractivity contribution in [2.75, 3.05) is 13.1 Å². The molecule has 0 aliphatic carbocycles. The minimum atomic E-state index is -0.0574. The zero-order valence-electron chi connectivity index (χ0n) is 13.4. The molecule has 1 amide bonds. The maximum absolute atomic E-state index is 12.2. The van der Waals surface area contributed by atoms with Crippen LogP contribution < -0.4 is 4.74 Å². The molecule has 5 nitrogen and oxygen atoms in total. The maximum atomic E-state index is 12.2. The van der Waals surface area contributed by atoms with Crippen LogP contribution in [0.4, 0.5) is 0 Å². The molecule has 3 heterocycles. The van der Waals surface area contributed by atoms with Crippen LogP contribution in [0.3, 0.4) is 0 Å². The van der Waals surface area contributed by atoms with Crippen molar-refractivity contribution in [1.82, 2.24) is 9.88 Å². The van der Waals surface area contributed by atoms with Crippen molar-refractivity contribution < 1.29 is 13.9 Å². The van der Waals surface area contributed by atoms with Crippen molar-refractivity contribution >= 4 is 27.3 Å². The number of aromatic nitrogens is 1. The van der Waals surface area contributed by atoms with E-state index in [2.05, 4.69) is 23.4 Å². The highest BCUT2D eigenvalue weighted by Gasteiger charge is 2.22. The molecule has 0 spiro atoms. The van der Waals surface area contributed by atoms with Crippen molar-refractivity contribution in [3.05, 3.63) is 47.0 Å². The number of benzene rings is 1. The van der Waals surface area contributed by atoms with Gasteiger partial charge in [-0.15, -0.1) is 11.3 Å². The van der Waals surface area contributed by atoms with Crippen molar-refractivity contribution in [2.45, 2.75) is 26.4 Å². The fourth-order valence-electron chi connectivity index (χ4n) is 2.93. The first-order chi connectivity index (χ1) is 11.7. The third-order valence-corrected chi connectivity index (χ3v) is 5.33. The van der Waals surface area contributed by atoms with Gasteiger partial charge in [-0.1, -0.05) is 0 Å². The van der Waals surface area contributed by atoms with Crippen LogP contribution in [-0.2, 0) is 6.61 Å². The predicted octanol–water partition coefficient (Wildman–Crippen LogP) is 4.01. The van der Waals surface area contributed by atoms with Gasteiger partial charge in [-0.25, -0.2) is 4.98 Å². The van der Waals surface area contributed by atoms with Gasteiger partial charge in [0.2, 0.25) is 5.89 Å². The van der Waals surface area contributed by atoms with E-state index >= 15 is 0 Å². The number of oxazole rings is 1. The SMILES string of the molecule is Cc1csc2cc(OCc3nc(C(=O)N4CCCC4)co3)ccc12. The summed E-state index contributed by atoms with van der Waals surface area (Å²) in [6, 6.07) is 6.03. The second-order valence-electron chi connectivity index (χ2n) is 5.99. The number of thiophene rings is 1. The Morgan fingerprint density at radius 1 is 1.38 bits per heavy atom. The Balaban J connectivity index is 1.42. The van der Waals surface area contributed by atoms with Crippen molar-refractivity contribution in [1.29, 1.82) is 0 Å². The lowest BCUT2D eigenvalue weighted by Crippen LogP contribution is -2.27. The molecule has 1 aliphatic heterocycles. The molecule has 6 heteroatoms. The van der Waals surface area contributed by atoms with Gasteiger partial charge in [0.05, 0.1) is 0 Å². The third kappa shape index (κ3) is 2.89. The van der Waals surface area contributed by atoms with Crippen molar-refractivity contribution in [3.8, 4) is 5.75 Å². The van der Waals surface area contributed by atoms with Gasteiger partial charge in [0, 0.05) is 17.8 Å². The molecular formula is C18H18N2O3S. The van der Waals surface area contributed by atoms with E-state index in [4.69, 9.17) is 9.15 Å². The Morgan fingerprint density at radius 3 is 3.04 bits per heavy atom. The zero-order valence-corrected chi connectivity index (χ0v) is 14.3. The van der Waals surface area contributed by atoms with Crippen LogP contribution in [0.25, 0.3) is 10.1 Å². The Morgan fingerprint density at radius 2 is 2.21 bits per heavy atom. The number of carbonyl (C=O) groups is 1. The Hall–Kier alpha value is -2.34. The van der Waals surface area contributed by atoms with Crippen LogP contribution >= 0.6 is 11.3 Å². The molecule has 1 aliphatic rings. The summed E-state index contributed by atoms with van der Waals surface area (Å²) < 4.78 is 12.3. The Labute approximate surface area is 143 Å². The van der Waals surface area contributed by atoms with Gasteiger partial charge in [0.15, 0.2) is 12.3 Å². The van der Waals surface area contributed by atoms with E-state index in [1.807, 2.05) is 17.0 Å². The number of carbonyl (C=O) groups excluding carboxylic acids is 1. The Kier molecular flexibility index (Phi) is 3.98. The molecule has 4 rings (SSSR count). The fraction of sp³-hybridized carbons (Fsp3) is 0.333. The van der Waals surface area contributed by atoms with Crippen LogP contribution in [0.15, 0.2) is 34.3 Å². The molecule has 3 aromatic rings. The summed E-state index contributed by atoms with van der Waals surface area (Å²) in [4.78, 5) is 18.3. The van der Waals surface area contributed by atoms with Crippen LogP contribution in [-0.4, -0.2) is 28.9 Å². The summed E-state index contributed by atoms with van der Waals surface area (Å²) >= 11 is 1.70. The molecule has 0 N–H and O–H groups in total. The van der Waals surface area contributed by atoms with Gasteiger partial charge >= 0.3 is 0 Å². The quantitative estimate of drug-likeness (QED) is 0.719. The van der Waals surface area contributed by atoms with Crippen LogP contribution in [0.5, 0.6) is 5.75 Å². The highest BCUT2D eigenvalue weighted by Crippen LogP contribution is 2.29. The molecule has 0 bridgehead atoms. The minimum Gasteiger partial charge on any atom is -0.484 e. The summed E-state index contributed by atoms with van der Waals surface area (Å²) in [6.45, 7) is 3.92. The van der Waals surface area contributed by atoms with Crippen LogP contribution in [0, 0.1) is 6.92 Å². The molecule has 2 aromatic heterocycles. The van der Waals surface area contributed by atoms with Crippen LogP contribution in [0.1, 0.15) is 34.8 Å². The van der Waals surface area contributed by atoms with Gasteiger partial charge in [-0.2, -0.15) is 0 Å². The van der Waals surface area contributed by atoms with Gasteiger partial charge in [0.1, 0.15) is 12.0 Å². The maximum Gasteiger partial charge on any atom is 0.275 e. The molecule has 0 atom stereocenters. The standard InChI is InChI=1S/C18H18N2O3S/c1-12-11-24-16-8-13(4-5-14(12)16)22-10-17-19-15(9-23-17)18(21)20-6-2-3-7-20/h4-5,8-9,11H,2-3,6-7,10H2,1H3. The number of likely N-dealkylation sites (tertiary alicyclic amines) is 1. The molecule has 124 valence electrons. The number of rotatable bonds is 4. The van der Waals surface area contributed by atoms with Gasteiger partial charge < -0.3 is 14.1 Å². The lowest BCUT2D eigenvalue weighted by molar-refractivity contribution is 0.0787. The monoisotopic (exact) mass is 342 g/mol. The number of amides is 1. The molecule has 0 unspecified atom stereocenters. The van der Waals surface area contributed by atoms with E-state index in [1.54, 1.807) is 11.3 Å². The summed E-state index contributed by atoms with van der Waals surface area (Å²) in [5.41, 5.74) is 1.64. The first-order valence-corrected chi connectivity index (χ1v) is 8.93. The smallest absolute Gasteiger partial charge is 0.275 e. The highest BCUT2D eigenvalue weighted by atomic mass is 32.1. The molecule has 1 fully saturated rings. The molecule has 0 radical (unpaired) electrons. The lowest BCUT2D eigenvalue weighted by Gasteiger charge is -2.12. The second-order valence-corrected chi connectivity index (χ2v) is 6.90. The molecule has 24 heavy (non-hydrogen) atoms. The molecule has 1 aromatic carbocycles. The van der Waals surface area contributed by atoms with E-state index in [9.17, 15) is 4.79 Å². The van der Waals surface area contributed by atoms with Gasteiger partial charge in [-0.3, -0.25) is 4.79 Å². The van der Waals surface area contributed by atoms with E-state index in [-0.39, 0.29) is 12.5 Å². The first-order valence-electron chi connectivity index (χ1n) is 8.05. The normalized spacial score (nSPS) is 14.5. The van der Waals surface area contributed by atoms with E-state index in [0.717, 1.165) is 31.7 Å². The average Bonchev–Trinajstić information content (AvgIpc) is 3.34. The number of nitrogens with zero attached hydrogens (tertiary/aromatic N) is 2. The molecular weight excluding hydrogens is 324 g/mol. The number of ether oxygens (including phenoxy) is 1. The summed E-state index contributed by atoms with van der Waals surface area (Å²) in [5.74, 6) is 1.13. The van der Waals surface area contributed by atoms with E-state index in [0.29, 0.717) is 11.6 Å². The number of aryl methyl sites for hydroxylation is 1. The summed E-state index contributed by atoms with van der Waals surface area (Å²) in [5, 5.41) is 3.39. The third-order valence-electron chi connectivity index (χ3n) is 4.27. The fourth-order valence-corrected chi connectivity index (χ4v) is 3.90. The minimum absolute atomic E-state index is 0.0574. The topological polar surface area (TPSA) is 55.6 Å². The predicted molar refractivity (Wildman–Crippen MR) is 92.5 cm³/mol. The van der Waals surface area contributed by atoms with Crippen LogP contribution in [0.2, 0.25) is 0 Å². The number of fused-ring (bicyclic) bond motifs is 1. The number of hydrogen-bond donors (Lipinski definition) is 0. The van der Waals surface area contributed by atoms with E-state index < -0.39 is 0 Å². The van der Waals surface area contributed by atoms with Gasteiger partial charge in [-0.05, 0) is 54.3 Å². The molecule has 0 saturated carbocycles. The van der Waals surface area contributed by atoms with E-state index in [1.165, 1.54) is 21.9 Å². The average molecular weight is 342 g/mol. The lowest BCUT2D eigenvalue weighted by atomic mass is 10.2. The summed E-state index contributed by atoms with van der Waals surface area (Å²) in [7, 11) is 0. The largest absolute Gasteiger partial charge is 0.484 e. The number of hydrogen-bond acceptors (Lipinski definition) is 5. The first kappa shape index (κ1) is 15.2. The highest BCUT2D eigenvalue weighted by molar-refractivity contribution is 7.17.